The number of methoxy groups -OCH3 is 1. The number of hydrogen-bond donors (Lipinski definition) is 0. The Kier molecular flexibility index (Phi) is 5.92. The van der Waals surface area contributed by atoms with Gasteiger partial charge in [0.1, 0.15) is 0 Å². The zero-order chi connectivity index (χ0) is 17.7. The van der Waals surface area contributed by atoms with Crippen LogP contribution < -0.4 is 9.47 Å². The van der Waals surface area contributed by atoms with Crippen LogP contribution in [0.15, 0.2) is 17.7 Å². The SMILES string of the molecule is CCOc1c(OC)cc(/C=C2\CN(CC)CCC2=O)cc1[N+](=O)[O-]. The molecule has 130 valence electrons. The lowest BCUT2D eigenvalue weighted by molar-refractivity contribution is -0.385. The summed E-state index contributed by atoms with van der Waals surface area (Å²) in [5.74, 6) is 0.473. The van der Waals surface area contributed by atoms with Gasteiger partial charge in [0.25, 0.3) is 0 Å². The first kappa shape index (κ1) is 17.9. The number of ether oxygens (including phenoxy) is 2. The van der Waals surface area contributed by atoms with Gasteiger partial charge in [-0.2, -0.15) is 0 Å². The van der Waals surface area contributed by atoms with Crippen LogP contribution in [-0.4, -0.2) is 49.0 Å². The highest BCUT2D eigenvalue weighted by atomic mass is 16.6. The second-order valence-corrected chi connectivity index (χ2v) is 5.47. The number of likely N-dealkylation sites (tertiary alicyclic amines) is 1. The summed E-state index contributed by atoms with van der Waals surface area (Å²) in [6.45, 7) is 6.24. The van der Waals surface area contributed by atoms with Crippen molar-refractivity contribution in [3.05, 3.63) is 33.4 Å². The number of likely N-dealkylation sites (N-methyl/N-ethyl adjacent to an activating group) is 1. The van der Waals surface area contributed by atoms with Crippen LogP contribution in [0.5, 0.6) is 11.5 Å². The second-order valence-electron chi connectivity index (χ2n) is 5.47. The van der Waals surface area contributed by atoms with Crippen molar-refractivity contribution >= 4 is 17.5 Å². The lowest BCUT2D eigenvalue weighted by Gasteiger charge is -2.26. The van der Waals surface area contributed by atoms with Crippen LogP contribution in [0.3, 0.4) is 0 Å². The fraction of sp³-hybridized carbons (Fsp3) is 0.471. The van der Waals surface area contributed by atoms with Crippen molar-refractivity contribution in [3.8, 4) is 11.5 Å². The minimum Gasteiger partial charge on any atom is -0.493 e. The van der Waals surface area contributed by atoms with E-state index in [0.29, 0.717) is 30.7 Å². The zero-order valence-electron chi connectivity index (χ0n) is 14.2. The summed E-state index contributed by atoms with van der Waals surface area (Å²) < 4.78 is 10.6. The molecule has 1 heterocycles. The number of hydrogen-bond acceptors (Lipinski definition) is 6. The molecular weight excluding hydrogens is 312 g/mol. The Bertz CT molecular complexity index is 669. The number of rotatable bonds is 6. The Morgan fingerprint density at radius 2 is 2.12 bits per heavy atom. The summed E-state index contributed by atoms with van der Waals surface area (Å²) in [6.07, 6.45) is 2.17. The Hall–Kier alpha value is -2.41. The van der Waals surface area contributed by atoms with Gasteiger partial charge in [-0.05, 0) is 31.2 Å². The molecule has 1 aromatic carbocycles. The molecule has 0 aliphatic carbocycles. The van der Waals surface area contributed by atoms with E-state index in [0.717, 1.165) is 13.1 Å². The van der Waals surface area contributed by atoms with Crippen LogP contribution >= 0.6 is 0 Å². The molecule has 1 aromatic rings. The number of nitro groups is 1. The average molecular weight is 334 g/mol. The Morgan fingerprint density at radius 1 is 1.38 bits per heavy atom. The number of nitro benzene ring substituents is 1. The average Bonchev–Trinajstić information content (AvgIpc) is 2.57. The van der Waals surface area contributed by atoms with Gasteiger partial charge in [0.05, 0.1) is 18.6 Å². The van der Waals surface area contributed by atoms with E-state index in [2.05, 4.69) is 4.90 Å². The predicted octanol–water partition coefficient (Wildman–Crippen LogP) is 2.68. The largest absolute Gasteiger partial charge is 0.493 e. The first-order chi connectivity index (χ1) is 11.5. The Balaban J connectivity index is 2.46. The molecule has 0 spiro atoms. The second kappa shape index (κ2) is 7.92. The van der Waals surface area contributed by atoms with E-state index >= 15 is 0 Å². The highest BCUT2D eigenvalue weighted by Gasteiger charge is 2.24. The maximum Gasteiger partial charge on any atom is 0.315 e. The molecule has 0 unspecified atom stereocenters. The van der Waals surface area contributed by atoms with Crippen LogP contribution in [0.2, 0.25) is 0 Å². The zero-order valence-corrected chi connectivity index (χ0v) is 14.2. The number of carbonyl (C=O) groups excluding carboxylic acids is 1. The summed E-state index contributed by atoms with van der Waals surface area (Å²) in [5.41, 5.74) is 1.05. The quantitative estimate of drug-likeness (QED) is 0.452. The van der Waals surface area contributed by atoms with Gasteiger partial charge in [-0.15, -0.1) is 0 Å². The maximum absolute atomic E-state index is 12.1. The molecule has 7 nitrogen and oxygen atoms in total. The minimum atomic E-state index is -0.503. The van der Waals surface area contributed by atoms with E-state index < -0.39 is 4.92 Å². The van der Waals surface area contributed by atoms with E-state index in [9.17, 15) is 14.9 Å². The summed E-state index contributed by atoms with van der Waals surface area (Å²) in [5, 5.41) is 11.3. The highest BCUT2D eigenvalue weighted by Crippen LogP contribution is 2.39. The molecule has 1 aliphatic rings. The van der Waals surface area contributed by atoms with E-state index in [-0.39, 0.29) is 23.0 Å². The Labute approximate surface area is 141 Å². The predicted molar refractivity (Wildman–Crippen MR) is 90.5 cm³/mol. The van der Waals surface area contributed by atoms with E-state index in [4.69, 9.17) is 9.47 Å². The third-order valence-corrected chi connectivity index (χ3v) is 3.96. The highest BCUT2D eigenvalue weighted by molar-refractivity contribution is 6.00. The number of benzene rings is 1. The number of ketones is 1. The van der Waals surface area contributed by atoms with Gasteiger partial charge < -0.3 is 9.47 Å². The minimum absolute atomic E-state index is 0.0789. The molecular formula is C17H22N2O5. The first-order valence-electron chi connectivity index (χ1n) is 7.95. The van der Waals surface area contributed by atoms with E-state index in [1.807, 2.05) is 6.92 Å². The molecule has 0 N–H and O–H groups in total. The van der Waals surface area contributed by atoms with Crippen molar-refractivity contribution in [2.75, 3.05) is 33.4 Å². The van der Waals surface area contributed by atoms with Gasteiger partial charge in [-0.1, -0.05) is 6.92 Å². The summed E-state index contributed by atoms with van der Waals surface area (Å²) >= 11 is 0. The van der Waals surface area contributed by atoms with Crippen molar-refractivity contribution in [1.82, 2.24) is 4.90 Å². The van der Waals surface area contributed by atoms with Crippen molar-refractivity contribution in [3.63, 3.8) is 0 Å². The van der Waals surface area contributed by atoms with Gasteiger partial charge in [0, 0.05) is 31.1 Å². The van der Waals surface area contributed by atoms with Gasteiger partial charge in [0.2, 0.25) is 5.75 Å². The van der Waals surface area contributed by atoms with Gasteiger partial charge >= 0.3 is 5.69 Å². The normalized spacial score (nSPS) is 17.1. The third-order valence-electron chi connectivity index (χ3n) is 3.96. The standard InChI is InChI=1S/C17H22N2O5/c1-4-18-7-6-15(20)13(11-18)8-12-9-14(19(21)22)17(24-5-2)16(10-12)23-3/h8-10H,4-7,11H2,1-3H3/b13-8+. The van der Waals surface area contributed by atoms with Crippen LogP contribution in [0.4, 0.5) is 5.69 Å². The van der Waals surface area contributed by atoms with E-state index in [1.54, 1.807) is 19.1 Å². The van der Waals surface area contributed by atoms with Crippen LogP contribution in [0.1, 0.15) is 25.8 Å². The molecule has 1 fully saturated rings. The maximum atomic E-state index is 12.1. The van der Waals surface area contributed by atoms with Crippen molar-refractivity contribution in [2.45, 2.75) is 20.3 Å². The summed E-state index contributed by atoms with van der Waals surface area (Å²) in [4.78, 5) is 25.1. The molecule has 0 saturated carbocycles. The molecule has 7 heteroatoms. The van der Waals surface area contributed by atoms with Crippen molar-refractivity contribution in [1.29, 1.82) is 0 Å². The fourth-order valence-electron chi connectivity index (χ4n) is 2.69. The molecule has 0 radical (unpaired) electrons. The molecule has 2 rings (SSSR count). The van der Waals surface area contributed by atoms with Crippen molar-refractivity contribution < 1.29 is 19.2 Å². The van der Waals surface area contributed by atoms with E-state index in [1.165, 1.54) is 13.2 Å². The fourth-order valence-corrected chi connectivity index (χ4v) is 2.69. The number of carbonyl (C=O) groups is 1. The van der Waals surface area contributed by atoms with Crippen LogP contribution in [-0.2, 0) is 4.79 Å². The smallest absolute Gasteiger partial charge is 0.315 e. The number of Topliss-reactive ketones (excluding diaryl/α,β-unsaturated/α-hetero) is 1. The molecule has 0 atom stereocenters. The summed E-state index contributed by atoms with van der Waals surface area (Å²) in [6, 6.07) is 3.07. The van der Waals surface area contributed by atoms with Gasteiger partial charge in [-0.3, -0.25) is 19.8 Å². The summed E-state index contributed by atoms with van der Waals surface area (Å²) in [7, 11) is 1.43. The molecule has 0 bridgehead atoms. The van der Waals surface area contributed by atoms with Crippen LogP contribution in [0, 0.1) is 10.1 Å². The molecule has 0 aromatic heterocycles. The van der Waals surface area contributed by atoms with Crippen LogP contribution in [0.25, 0.3) is 6.08 Å². The topological polar surface area (TPSA) is 81.9 Å². The van der Waals surface area contributed by atoms with Gasteiger partial charge in [0.15, 0.2) is 11.5 Å². The lowest BCUT2D eigenvalue weighted by Crippen LogP contribution is -2.35. The Morgan fingerprint density at radius 3 is 2.71 bits per heavy atom. The third kappa shape index (κ3) is 3.91. The molecule has 1 aliphatic heterocycles. The monoisotopic (exact) mass is 334 g/mol. The molecule has 1 saturated heterocycles. The number of piperidine rings is 1. The molecule has 0 amide bonds. The van der Waals surface area contributed by atoms with Gasteiger partial charge in [-0.25, -0.2) is 0 Å². The molecule has 24 heavy (non-hydrogen) atoms. The lowest BCUT2D eigenvalue weighted by atomic mass is 10.00. The van der Waals surface area contributed by atoms with Crippen molar-refractivity contribution in [2.24, 2.45) is 0 Å². The number of nitrogens with zero attached hydrogens (tertiary/aromatic N) is 2. The first-order valence-corrected chi connectivity index (χ1v) is 7.95.